The summed E-state index contributed by atoms with van der Waals surface area (Å²) in [6.45, 7) is 5.13. The number of carbonyl (C=O) groups excluding carboxylic acids is 1. The van der Waals surface area contributed by atoms with Crippen LogP contribution < -0.4 is 9.46 Å². The van der Waals surface area contributed by atoms with Gasteiger partial charge < -0.3 is 9.64 Å². The molecule has 1 saturated heterocycles. The highest BCUT2D eigenvalue weighted by Crippen LogP contribution is 2.18. The van der Waals surface area contributed by atoms with Gasteiger partial charge in [-0.15, -0.1) is 0 Å². The molecule has 6 nitrogen and oxygen atoms in total. The molecule has 22 heavy (non-hydrogen) atoms. The van der Waals surface area contributed by atoms with Crippen molar-refractivity contribution in [3.8, 4) is 5.75 Å². The number of benzene rings is 1. The summed E-state index contributed by atoms with van der Waals surface area (Å²) in [4.78, 5) is 13.2. The van der Waals surface area contributed by atoms with Gasteiger partial charge in [-0.3, -0.25) is 4.79 Å². The van der Waals surface area contributed by atoms with Gasteiger partial charge >= 0.3 is 0 Å². The Bertz CT molecular complexity index is 605. The molecule has 0 spiro atoms. The van der Waals surface area contributed by atoms with Gasteiger partial charge in [-0.25, -0.2) is 13.1 Å². The minimum absolute atomic E-state index is 0.0350. The number of sulfonamides is 1. The van der Waals surface area contributed by atoms with E-state index in [4.69, 9.17) is 4.74 Å². The molecule has 0 atom stereocenters. The largest absolute Gasteiger partial charge is 0.494 e. The lowest BCUT2D eigenvalue weighted by molar-refractivity contribution is -0.129. The van der Waals surface area contributed by atoms with Crippen molar-refractivity contribution >= 4 is 15.9 Å². The predicted molar refractivity (Wildman–Crippen MR) is 83.2 cm³/mol. The van der Waals surface area contributed by atoms with Crippen LogP contribution in [0.15, 0.2) is 29.2 Å². The minimum Gasteiger partial charge on any atom is -0.494 e. The first-order chi connectivity index (χ1) is 10.4. The lowest BCUT2D eigenvalue weighted by Gasteiger charge is -2.31. The first kappa shape index (κ1) is 16.8. The molecule has 1 aromatic rings. The second-order valence-electron chi connectivity index (χ2n) is 5.31. The molecule has 1 heterocycles. The fourth-order valence-corrected chi connectivity index (χ4v) is 3.79. The van der Waals surface area contributed by atoms with E-state index in [-0.39, 0.29) is 16.8 Å². The van der Waals surface area contributed by atoms with Crippen LogP contribution in [0.4, 0.5) is 0 Å². The highest BCUT2D eigenvalue weighted by atomic mass is 32.2. The Hall–Kier alpha value is -1.60. The number of likely N-dealkylation sites (tertiary alicyclic amines) is 1. The van der Waals surface area contributed by atoms with E-state index in [0.717, 1.165) is 0 Å². The third-order valence-electron chi connectivity index (χ3n) is 3.71. The fourth-order valence-electron chi connectivity index (χ4n) is 2.48. The maximum absolute atomic E-state index is 12.4. The molecule has 1 aliphatic heterocycles. The fraction of sp³-hybridized carbons (Fsp3) is 0.533. The number of amides is 1. The van der Waals surface area contributed by atoms with Crippen molar-refractivity contribution in [1.82, 2.24) is 9.62 Å². The van der Waals surface area contributed by atoms with E-state index in [0.29, 0.717) is 38.3 Å². The highest BCUT2D eigenvalue weighted by Gasteiger charge is 2.25. The van der Waals surface area contributed by atoms with Crippen molar-refractivity contribution in [2.75, 3.05) is 19.7 Å². The van der Waals surface area contributed by atoms with Gasteiger partial charge in [-0.1, -0.05) is 0 Å². The summed E-state index contributed by atoms with van der Waals surface area (Å²) in [6, 6.07) is 6.25. The van der Waals surface area contributed by atoms with E-state index in [9.17, 15) is 13.2 Å². The lowest BCUT2D eigenvalue weighted by Crippen LogP contribution is -2.45. The third-order valence-corrected chi connectivity index (χ3v) is 5.24. The van der Waals surface area contributed by atoms with E-state index < -0.39 is 10.0 Å². The first-order valence-electron chi connectivity index (χ1n) is 7.43. The molecule has 1 N–H and O–H groups in total. The number of nitrogens with zero attached hydrogens (tertiary/aromatic N) is 1. The van der Waals surface area contributed by atoms with E-state index in [1.54, 1.807) is 17.0 Å². The van der Waals surface area contributed by atoms with Crippen molar-refractivity contribution in [1.29, 1.82) is 0 Å². The van der Waals surface area contributed by atoms with Crippen molar-refractivity contribution in [2.24, 2.45) is 0 Å². The Morgan fingerprint density at radius 1 is 1.27 bits per heavy atom. The average molecular weight is 326 g/mol. The molecule has 0 radical (unpaired) electrons. The van der Waals surface area contributed by atoms with Crippen LogP contribution in [0.3, 0.4) is 0 Å². The van der Waals surface area contributed by atoms with E-state index >= 15 is 0 Å². The summed E-state index contributed by atoms with van der Waals surface area (Å²) in [7, 11) is -3.54. The van der Waals surface area contributed by atoms with Gasteiger partial charge in [0.1, 0.15) is 5.75 Å². The molecule has 1 fully saturated rings. The quantitative estimate of drug-likeness (QED) is 0.887. The monoisotopic (exact) mass is 326 g/mol. The molecule has 1 aromatic carbocycles. The number of piperidine rings is 1. The molecule has 1 amide bonds. The zero-order chi connectivity index (χ0) is 16.2. The Labute approximate surface area is 131 Å². The van der Waals surface area contributed by atoms with Gasteiger partial charge in [-0.05, 0) is 44.0 Å². The topological polar surface area (TPSA) is 75.7 Å². The smallest absolute Gasteiger partial charge is 0.240 e. The van der Waals surface area contributed by atoms with Crippen LogP contribution in [-0.2, 0) is 14.8 Å². The normalized spacial score (nSPS) is 16.5. The first-order valence-corrected chi connectivity index (χ1v) is 8.91. The predicted octanol–water partition coefficient (Wildman–Crippen LogP) is 1.37. The molecule has 1 aliphatic rings. The molecule has 0 aliphatic carbocycles. The maximum Gasteiger partial charge on any atom is 0.240 e. The van der Waals surface area contributed by atoms with Crippen LogP contribution in [0, 0.1) is 0 Å². The summed E-state index contributed by atoms with van der Waals surface area (Å²) < 4.78 is 32.7. The maximum atomic E-state index is 12.4. The molecule has 122 valence electrons. The van der Waals surface area contributed by atoms with Gasteiger partial charge in [-0.2, -0.15) is 0 Å². The number of nitrogens with one attached hydrogen (secondary N) is 1. The molecule has 0 aromatic heterocycles. The van der Waals surface area contributed by atoms with Crippen LogP contribution in [0.5, 0.6) is 5.75 Å². The highest BCUT2D eigenvalue weighted by molar-refractivity contribution is 7.89. The van der Waals surface area contributed by atoms with Crippen LogP contribution in [0.1, 0.15) is 26.7 Å². The van der Waals surface area contributed by atoms with E-state index in [1.165, 1.54) is 19.1 Å². The number of hydrogen-bond donors (Lipinski definition) is 1. The van der Waals surface area contributed by atoms with Gasteiger partial charge in [0.25, 0.3) is 0 Å². The summed E-state index contributed by atoms with van der Waals surface area (Å²) in [6.07, 6.45) is 1.27. The molecule has 0 bridgehead atoms. The molecular weight excluding hydrogens is 304 g/mol. The number of hydrogen-bond acceptors (Lipinski definition) is 4. The van der Waals surface area contributed by atoms with Crippen molar-refractivity contribution in [3.05, 3.63) is 24.3 Å². The number of carbonyl (C=O) groups is 1. The van der Waals surface area contributed by atoms with Crippen molar-refractivity contribution in [3.63, 3.8) is 0 Å². The summed E-state index contributed by atoms with van der Waals surface area (Å²) in [5, 5.41) is 0. The summed E-state index contributed by atoms with van der Waals surface area (Å²) >= 11 is 0. The van der Waals surface area contributed by atoms with Crippen LogP contribution >= 0.6 is 0 Å². The van der Waals surface area contributed by atoms with E-state index in [2.05, 4.69) is 4.72 Å². The van der Waals surface area contributed by atoms with Gasteiger partial charge in [0.05, 0.1) is 11.5 Å². The van der Waals surface area contributed by atoms with E-state index in [1.807, 2.05) is 6.92 Å². The zero-order valence-corrected chi connectivity index (χ0v) is 13.7. The van der Waals surface area contributed by atoms with Crippen molar-refractivity contribution in [2.45, 2.75) is 37.6 Å². The number of rotatable bonds is 5. The number of ether oxygens (including phenoxy) is 1. The van der Waals surface area contributed by atoms with Crippen LogP contribution in [0.25, 0.3) is 0 Å². The Kier molecular flexibility index (Phi) is 5.42. The third kappa shape index (κ3) is 4.20. The minimum atomic E-state index is -3.54. The Balaban J connectivity index is 1.98. The zero-order valence-electron chi connectivity index (χ0n) is 12.9. The van der Waals surface area contributed by atoms with Crippen LogP contribution in [-0.4, -0.2) is 45.0 Å². The summed E-state index contributed by atoms with van der Waals surface area (Å²) in [5.74, 6) is 0.684. The van der Waals surface area contributed by atoms with Gasteiger partial charge in [0, 0.05) is 26.1 Å². The second kappa shape index (κ2) is 7.11. The molecule has 0 saturated carbocycles. The lowest BCUT2D eigenvalue weighted by atomic mass is 10.1. The van der Waals surface area contributed by atoms with Crippen LogP contribution in [0.2, 0.25) is 0 Å². The average Bonchev–Trinajstić information content (AvgIpc) is 2.48. The second-order valence-corrected chi connectivity index (χ2v) is 7.02. The van der Waals surface area contributed by atoms with Gasteiger partial charge in [0.2, 0.25) is 15.9 Å². The Morgan fingerprint density at radius 3 is 2.36 bits per heavy atom. The van der Waals surface area contributed by atoms with Gasteiger partial charge in [0.15, 0.2) is 0 Å². The SMILES string of the molecule is CCOc1ccc(S(=O)(=O)NC2CCN(C(C)=O)CC2)cc1. The molecule has 7 heteroatoms. The van der Waals surface area contributed by atoms with Crippen molar-refractivity contribution < 1.29 is 17.9 Å². The Morgan fingerprint density at radius 2 is 1.86 bits per heavy atom. The molecular formula is C15H22N2O4S. The summed E-state index contributed by atoms with van der Waals surface area (Å²) in [5.41, 5.74) is 0. The standard InChI is InChI=1S/C15H22N2O4S/c1-3-21-14-4-6-15(7-5-14)22(19,20)16-13-8-10-17(11-9-13)12(2)18/h4-7,13,16H,3,8-11H2,1-2H3. The molecule has 0 unspecified atom stereocenters. The molecule has 2 rings (SSSR count).